The van der Waals surface area contributed by atoms with Crippen molar-refractivity contribution in [3.8, 4) is 0 Å². The van der Waals surface area contributed by atoms with Gasteiger partial charge in [-0.25, -0.2) is 0 Å². The van der Waals surface area contributed by atoms with Crippen LogP contribution < -0.4 is 15.2 Å². The van der Waals surface area contributed by atoms with Crippen LogP contribution in [0.25, 0.3) is 11.0 Å². The van der Waals surface area contributed by atoms with Gasteiger partial charge in [0.2, 0.25) is 10.9 Å². The summed E-state index contributed by atoms with van der Waals surface area (Å²) in [5, 5.41) is 9.52. The molecule has 1 spiro atoms. The number of hydrogen-bond acceptors (Lipinski definition) is 7. The summed E-state index contributed by atoms with van der Waals surface area (Å²) in [5.41, 5.74) is -1.09. The molecule has 0 N–H and O–H groups in total. The Labute approximate surface area is 201 Å². The van der Waals surface area contributed by atoms with E-state index in [2.05, 4.69) is 16.8 Å². The number of para-hydroxylation sites is 1. The van der Waals surface area contributed by atoms with Crippen LogP contribution in [0.1, 0.15) is 26.7 Å². The molecule has 10 heteroatoms. The van der Waals surface area contributed by atoms with E-state index < -0.39 is 22.8 Å². The monoisotopic (exact) mass is 490 g/mol. The second kappa shape index (κ2) is 7.09. The first-order chi connectivity index (χ1) is 16.4. The molecule has 0 radical (unpaired) electrons. The van der Waals surface area contributed by atoms with Crippen molar-refractivity contribution in [2.75, 3.05) is 16.3 Å². The molecule has 2 aromatic carbocycles. The van der Waals surface area contributed by atoms with Gasteiger partial charge < -0.3 is 9.32 Å². The van der Waals surface area contributed by atoms with Gasteiger partial charge in [0.05, 0.1) is 16.6 Å². The number of carbonyl (C=O) groups excluding carboxylic acids is 2. The minimum atomic E-state index is -1.80. The Bertz CT molecular complexity index is 1630. The normalized spacial score (nSPS) is 18.8. The van der Waals surface area contributed by atoms with Crippen LogP contribution in [0.2, 0.25) is 5.02 Å². The number of benzene rings is 2. The summed E-state index contributed by atoms with van der Waals surface area (Å²) in [6, 6.07) is 11.6. The number of aryl methyl sites for hydroxylation is 1. The molecule has 1 unspecified atom stereocenters. The summed E-state index contributed by atoms with van der Waals surface area (Å²) in [4.78, 5) is 44.8. The topological polar surface area (TPSA) is 96.6 Å². The lowest BCUT2D eigenvalue weighted by atomic mass is 9.84. The van der Waals surface area contributed by atoms with Gasteiger partial charge in [-0.15, -0.1) is 16.8 Å². The minimum absolute atomic E-state index is 0.0517. The highest BCUT2D eigenvalue weighted by Crippen LogP contribution is 2.54. The molecule has 0 bridgehead atoms. The largest absolute Gasteiger partial charge is 0.450 e. The number of rotatable bonds is 3. The van der Waals surface area contributed by atoms with Crippen LogP contribution in [0, 0.1) is 6.92 Å². The van der Waals surface area contributed by atoms with Gasteiger partial charge in [0.15, 0.2) is 11.0 Å². The third kappa shape index (κ3) is 2.45. The quantitative estimate of drug-likeness (QED) is 0.402. The predicted octanol–water partition coefficient (Wildman–Crippen LogP) is 4.04. The molecule has 2 amide bonds. The molecule has 2 aliphatic rings. The average Bonchev–Trinajstić information content (AvgIpc) is 3.43. The third-order valence-electron chi connectivity index (χ3n) is 6.10. The maximum atomic E-state index is 14.3. The smallest absolute Gasteiger partial charge is 0.297 e. The molecule has 0 saturated heterocycles. The number of amides is 2. The second-order valence-corrected chi connectivity index (χ2v) is 9.55. The highest BCUT2D eigenvalue weighted by Gasteiger charge is 2.66. The first kappa shape index (κ1) is 20.8. The minimum Gasteiger partial charge on any atom is -0.450 e. The fourth-order valence-electron chi connectivity index (χ4n) is 4.82. The molecule has 0 saturated carbocycles. The van der Waals surface area contributed by atoms with E-state index in [1.54, 1.807) is 43.3 Å². The van der Waals surface area contributed by atoms with E-state index in [4.69, 9.17) is 16.0 Å². The second-order valence-electron chi connectivity index (χ2n) is 7.95. The van der Waals surface area contributed by atoms with Gasteiger partial charge >= 0.3 is 0 Å². The average molecular weight is 491 g/mol. The summed E-state index contributed by atoms with van der Waals surface area (Å²) in [6.45, 7) is 5.70. The Morgan fingerprint density at radius 1 is 1.18 bits per heavy atom. The van der Waals surface area contributed by atoms with Gasteiger partial charge in [-0.2, -0.15) is 0 Å². The molecule has 2 aromatic heterocycles. The van der Waals surface area contributed by atoms with Crippen LogP contribution in [-0.4, -0.2) is 28.6 Å². The van der Waals surface area contributed by atoms with Crippen molar-refractivity contribution < 1.29 is 14.0 Å². The number of hydrogen-bond donors (Lipinski definition) is 0. The molecule has 6 rings (SSSR count). The molecule has 0 fully saturated rings. The highest BCUT2D eigenvalue weighted by molar-refractivity contribution is 7.15. The fraction of sp³-hybridized carbons (Fsp3) is 0.125. The summed E-state index contributed by atoms with van der Waals surface area (Å²) >= 11 is 7.31. The van der Waals surface area contributed by atoms with Crippen molar-refractivity contribution in [2.24, 2.45) is 0 Å². The van der Waals surface area contributed by atoms with Crippen LogP contribution >= 0.6 is 22.9 Å². The van der Waals surface area contributed by atoms with Crippen LogP contribution in [0.15, 0.2) is 64.3 Å². The van der Waals surface area contributed by atoms with Crippen molar-refractivity contribution in [3.05, 3.63) is 92.3 Å². The fourth-order valence-corrected chi connectivity index (χ4v) is 5.73. The summed E-state index contributed by atoms with van der Waals surface area (Å²) in [7, 11) is 0. The van der Waals surface area contributed by atoms with Gasteiger partial charge in [-0.3, -0.25) is 19.3 Å². The predicted molar refractivity (Wildman–Crippen MR) is 129 cm³/mol. The number of anilines is 2. The standard InChI is InChI=1S/C24H15ClN4O4S/c1-3-10-28-16-7-5-4-6-15(16)24(22(28)32)18-19(30)14-11-13(25)8-9-17(14)33-20(18)21(31)29(24)23-27-26-12(2)34-23/h3-9,11H,1,10H2,2H3. The number of carbonyl (C=O) groups is 2. The van der Waals surface area contributed by atoms with Crippen LogP contribution in [0.3, 0.4) is 0 Å². The molecule has 8 nitrogen and oxygen atoms in total. The molecular formula is C24H15ClN4O4S. The van der Waals surface area contributed by atoms with Crippen LogP contribution in [0.5, 0.6) is 0 Å². The molecule has 34 heavy (non-hydrogen) atoms. The third-order valence-corrected chi connectivity index (χ3v) is 7.16. The zero-order valence-electron chi connectivity index (χ0n) is 17.7. The summed E-state index contributed by atoms with van der Waals surface area (Å²) in [5.74, 6) is -1.30. The molecule has 0 aliphatic carbocycles. The van der Waals surface area contributed by atoms with E-state index in [1.807, 2.05) is 0 Å². The number of fused-ring (bicyclic) bond motifs is 5. The van der Waals surface area contributed by atoms with Crippen molar-refractivity contribution in [1.82, 2.24) is 10.2 Å². The molecule has 4 aromatic rings. The van der Waals surface area contributed by atoms with Crippen molar-refractivity contribution in [1.29, 1.82) is 0 Å². The first-order valence-corrected chi connectivity index (χ1v) is 11.5. The summed E-state index contributed by atoms with van der Waals surface area (Å²) < 4.78 is 5.97. The Balaban J connectivity index is 1.79. The zero-order chi connectivity index (χ0) is 23.8. The van der Waals surface area contributed by atoms with Gasteiger partial charge in [0.25, 0.3) is 11.8 Å². The van der Waals surface area contributed by atoms with Crippen LogP contribution in [0.4, 0.5) is 10.8 Å². The Morgan fingerprint density at radius 2 is 1.97 bits per heavy atom. The molecule has 168 valence electrons. The first-order valence-electron chi connectivity index (χ1n) is 10.3. The van der Waals surface area contributed by atoms with E-state index in [0.29, 0.717) is 21.3 Å². The molecule has 4 heterocycles. The van der Waals surface area contributed by atoms with E-state index in [1.165, 1.54) is 21.9 Å². The summed E-state index contributed by atoms with van der Waals surface area (Å²) in [6.07, 6.45) is 1.59. The lowest BCUT2D eigenvalue weighted by molar-refractivity contribution is -0.121. The van der Waals surface area contributed by atoms with Crippen LogP contribution in [-0.2, 0) is 10.3 Å². The van der Waals surface area contributed by atoms with E-state index in [9.17, 15) is 14.4 Å². The lowest BCUT2D eigenvalue weighted by Crippen LogP contribution is -2.53. The van der Waals surface area contributed by atoms with E-state index in [0.717, 1.165) is 11.3 Å². The number of nitrogens with zero attached hydrogens (tertiary/aromatic N) is 4. The van der Waals surface area contributed by atoms with Crippen molar-refractivity contribution in [2.45, 2.75) is 12.5 Å². The maximum absolute atomic E-state index is 14.3. The Morgan fingerprint density at radius 3 is 2.71 bits per heavy atom. The van der Waals surface area contributed by atoms with Crippen molar-refractivity contribution in [3.63, 3.8) is 0 Å². The van der Waals surface area contributed by atoms with Gasteiger partial charge in [0.1, 0.15) is 10.6 Å². The Kier molecular flexibility index (Phi) is 4.33. The van der Waals surface area contributed by atoms with E-state index >= 15 is 0 Å². The number of aromatic nitrogens is 2. The molecule has 2 aliphatic heterocycles. The van der Waals surface area contributed by atoms with Gasteiger partial charge in [0, 0.05) is 17.1 Å². The molecule has 1 atom stereocenters. The maximum Gasteiger partial charge on any atom is 0.297 e. The lowest BCUT2D eigenvalue weighted by Gasteiger charge is -2.31. The Hall–Kier alpha value is -3.82. The van der Waals surface area contributed by atoms with E-state index in [-0.39, 0.29) is 34.0 Å². The highest BCUT2D eigenvalue weighted by atomic mass is 35.5. The van der Waals surface area contributed by atoms with Gasteiger partial charge in [-0.05, 0) is 31.2 Å². The zero-order valence-corrected chi connectivity index (χ0v) is 19.3. The van der Waals surface area contributed by atoms with Gasteiger partial charge in [-0.1, -0.05) is 47.2 Å². The van der Waals surface area contributed by atoms with Crippen molar-refractivity contribution >= 4 is 56.5 Å². The SMILES string of the molecule is C=CCN1C(=O)C2(c3ccccc31)c1c(oc3ccc(Cl)cc3c1=O)C(=O)N2c1nnc(C)s1. The number of halogens is 1. The molecular weight excluding hydrogens is 476 g/mol.